The minimum Gasteiger partial charge on any atom is -0.348 e. The van der Waals surface area contributed by atoms with E-state index in [1.807, 2.05) is 12.1 Å². The number of amides is 1. The van der Waals surface area contributed by atoms with Crippen LogP contribution in [0.25, 0.3) is 32.0 Å². The van der Waals surface area contributed by atoms with Crippen molar-refractivity contribution in [2.45, 2.75) is 32.7 Å². The van der Waals surface area contributed by atoms with Crippen LogP contribution in [0.5, 0.6) is 0 Å². The minimum atomic E-state index is -0.128. The predicted molar refractivity (Wildman–Crippen MR) is 128 cm³/mol. The molecule has 0 aliphatic carbocycles. The molecule has 32 heavy (non-hydrogen) atoms. The smallest absolute Gasteiger partial charge is 0.271 e. The van der Waals surface area contributed by atoms with Crippen molar-refractivity contribution in [2.24, 2.45) is 0 Å². The molecule has 4 heterocycles. The summed E-state index contributed by atoms with van der Waals surface area (Å²) in [6.07, 6.45) is 5.41. The van der Waals surface area contributed by atoms with Crippen LogP contribution in [0.15, 0.2) is 36.7 Å². The molecule has 1 aromatic carbocycles. The van der Waals surface area contributed by atoms with Gasteiger partial charge in [-0.3, -0.25) is 14.9 Å². The van der Waals surface area contributed by atoms with Crippen LogP contribution >= 0.6 is 11.3 Å². The Hall–Kier alpha value is -3.10. The predicted octanol–water partition coefficient (Wildman–Crippen LogP) is 4.19. The molecule has 0 atom stereocenters. The van der Waals surface area contributed by atoms with Gasteiger partial charge in [-0.25, -0.2) is 4.98 Å². The van der Waals surface area contributed by atoms with Crippen molar-refractivity contribution in [2.75, 3.05) is 20.1 Å². The summed E-state index contributed by atoms with van der Waals surface area (Å²) < 4.78 is 0. The minimum absolute atomic E-state index is 0.128. The Morgan fingerprint density at radius 2 is 2.06 bits per heavy atom. The second-order valence-corrected chi connectivity index (χ2v) is 9.57. The number of hydrogen-bond acceptors (Lipinski definition) is 6. The van der Waals surface area contributed by atoms with Gasteiger partial charge in [0.25, 0.3) is 5.91 Å². The highest BCUT2D eigenvalue weighted by atomic mass is 32.1. The molecular weight excluding hydrogens is 420 g/mol. The highest BCUT2D eigenvalue weighted by molar-refractivity contribution is 7.18. The molecule has 1 aliphatic rings. The third-order valence-electron chi connectivity index (χ3n) is 6.03. The van der Waals surface area contributed by atoms with Crippen molar-refractivity contribution in [3.05, 3.63) is 53.5 Å². The molecule has 1 saturated heterocycles. The highest BCUT2D eigenvalue weighted by Crippen LogP contribution is 2.37. The van der Waals surface area contributed by atoms with E-state index in [4.69, 9.17) is 4.98 Å². The number of pyridine rings is 1. The summed E-state index contributed by atoms with van der Waals surface area (Å²) >= 11 is 1.50. The summed E-state index contributed by atoms with van der Waals surface area (Å²) in [5.41, 5.74) is 5.40. The van der Waals surface area contributed by atoms with Gasteiger partial charge in [0, 0.05) is 29.4 Å². The Bertz CT molecular complexity index is 1270. The SMILES string of the molecule is Cc1cc(C)c2n[nH]c(-c3nc(C(=O)NC4CCN(C)CC4)c(-c4cccnc4)s3)c2c1. The van der Waals surface area contributed by atoms with Crippen molar-refractivity contribution < 1.29 is 4.79 Å². The molecular formula is C24H26N6OS. The van der Waals surface area contributed by atoms with Gasteiger partial charge in [0.15, 0.2) is 0 Å². The van der Waals surface area contributed by atoms with Crippen LogP contribution < -0.4 is 5.32 Å². The zero-order valence-electron chi connectivity index (χ0n) is 18.5. The first-order valence-corrected chi connectivity index (χ1v) is 11.7. The van der Waals surface area contributed by atoms with Crippen LogP contribution in [0.3, 0.4) is 0 Å². The maximum atomic E-state index is 13.3. The number of rotatable bonds is 4. The number of carbonyl (C=O) groups is 1. The Kier molecular flexibility index (Phi) is 5.48. The van der Waals surface area contributed by atoms with Crippen LogP contribution in [-0.4, -0.2) is 57.2 Å². The maximum absolute atomic E-state index is 13.3. The van der Waals surface area contributed by atoms with Gasteiger partial charge >= 0.3 is 0 Å². The number of benzene rings is 1. The van der Waals surface area contributed by atoms with E-state index in [0.717, 1.165) is 63.5 Å². The molecule has 0 unspecified atom stereocenters. The Morgan fingerprint density at radius 3 is 2.81 bits per heavy atom. The third kappa shape index (κ3) is 3.91. The fourth-order valence-electron chi connectivity index (χ4n) is 4.31. The number of nitrogens with zero attached hydrogens (tertiary/aromatic N) is 4. The maximum Gasteiger partial charge on any atom is 0.271 e. The lowest BCUT2D eigenvalue weighted by molar-refractivity contribution is 0.0913. The zero-order chi connectivity index (χ0) is 22.2. The first kappa shape index (κ1) is 20.8. The number of likely N-dealkylation sites (tertiary alicyclic amines) is 1. The molecule has 1 amide bonds. The van der Waals surface area contributed by atoms with E-state index >= 15 is 0 Å². The number of carbonyl (C=O) groups excluding carboxylic acids is 1. The summed E-state index contributed by atoms with van der Waals surface area (Å²) in [5.74, 6) is -0.128. The van der Waals surface area contributed by atoms with E-state index in [2.05, 4.69) is 58.4 Å². The molecule has 5 rings (SSSR count). The second-order valence-electron chi connectivity index (χ2n) is 8.57. The molecule has 164 valence electrons. The normalized spacial score (nSPS) is 15.3. The number of aromatic nitrogens is 4. The first-order chi connectivity index (χ1) is 15.5. The van der Waals surface area contributed by atoms with Crippen LogP contribution in [0, 0.1) is 13.8 Å². The third-order valence-corrected chi connectivity index (χ3v) is 7.15. The number of hydrogen-bond donors (Lipinski definition) is 2. The summed E-state index contributed by atoms with van der Waals surface area (Å²) in [4.78, 5) is 25.5. The van der Waals surface area contributed by atoms with Gasteiger partial charge in [-0.15, -0.1) is 11.3 Å². The van der Waals surface area contributed by atoms with Crippen LogP contribution in [-0.2, 0) is 0 Å². The Morgan fingerprint density at radius 1 is 1.25 bits per heavy atom. The quantitative estimate of drug-likeness (QED) is 0.491. The van der Waals surface area contributed by atoms with E-state index in [9.17, 15) is 4.79 Å². The van der Waals surface area contributed by atoms with E-state index in [1.165, 1.54) is 16.9 Å². The molecule has 1 aliphatic heterocycles. The van der Waals surface area contributed by atoms with Gasteiger partial charge in [-0.1, -0.05) is 17.7 Å². The molecule has 2 N–H and O–H groups in total. The summed E-state index contributed by atoms with van der Waals surface area (Å²) in [7, 11) is 2.11. The number of H-pyrrole nitrogens is 1. The van der Waals surface area contributed by atoms with Crippen molar-refractivity contribution in [3.63, 3.8) is 0 Å². The zero-order valence-corrected chi connectivity index (χ0v) is 19.3. The highest BCUT2D eigenvalue weighted by Gasteiger charge is 2.25. The number of fused-ring (bicyclic) bond motifs is 1. The van der Waals surface area contributed by atoms with E-state index in [-0.39, 0.29) is 11.9 Å². The topological polar surface area (TPSA) is 86.8 Å². The van der Waals surface area contributed by atoms with Crippen molar-refractivity contribution in [3.8, 4) is 21.1 Å². The molecule has 1 fully saturated rings. The molecule has 0 radical (unpaired) electrons. The van der Waals surface area contributed by atoms with Crippen LogP contribution in [0.1, 0.15) is 34.5 Å². The lowest BCUT2D eigenvalue weighted by Crippen LogP contribution is -2.43. The number of nitrogens with one attached hydrogen (secondary N) is 2. The lowest BCUT2D eigenvalue weighted by atomic mass is 10.1. The van der Waals surface area contributed by atoms with Crippen LogP contribution in [0.2, 0.25) is 0 Å². The fraction of sp³-hybridized carbons (Fsp3) is 0.333. The molecule has 4 aromatic rings. The molecule has 7 nitrogen and oxygen atoms in total. The molecule has 0 spiro atoms. The monoisotopic (exact) mass is 446 g/mol. The van der Waals surface area contributed by atoms with E-state index in [1.54, 1.807) is 12.4 Å². The summed E-state index contributed by atoms with van der Waals surface area (Å²) in [6, 6.07) is 8.26. The average molecular weight is 447 g/mol. The Labute approximate surface area is 190 Å². The van der Waals surface area contributed by atoms with Gasteiger partial charge in [0.1, 0.15) is 16.4 Å². The van der Waals surface area contributed by atoms with Crippen molar-refractivity contribution in [1.29, 1.82) is 0 Å². The second kappa shape index (κ2) is 8.44. The number of aromatic amines is 1. The van der Waals surface area contributed by atoms with Crippen molar-refractivity contribution in [1.82, 2.24) is 30.4 Å². The molecule has 8 heteroatoms. The largest absolute Gasteiger partial charge is 0.348 e. The summed E-state index contributed by atoms with van der Waals surface area (Å²) in [6.45, 7) is 6.11. The van der Waals surface area contributed by atoms with Gasteiger partial charge in [-0.2, -0.15) is 5.10 Å². The average Bonchev–Trinajstić information content (AvgIpc) is 3.40. The van der Waals surface area contributed by atoms with E-state index in [0.29, 0.717) is 5.69 Å². The van der Waals surface area contributed by atoms with Crippen molar-refractivity contribution >= 4 is 28.1 Å². The number of aryl methyl sites for hydroxylation is 2. The summed E-state index contributed by atoms with van der Waals surface area (Å²) in [5, 5.41) is 12.7. The molecule has 0 saturated carbocycles. The van der Waals surface area contributed by atoms with Gasteiger partial charge in [0.05, 0.1) is 10.4 Å². The first-order valence-electron chi connectivity index (χ1n) is 10.9. The number of thiazole rings is 1. The lowest BCUT2D eigenvalue weighted by Gasteiger charge is -2.29. The van der Waals surface area contributed by atoms with Crippen LogP contribution in [0.4, 0.5) is 0 Å². The van der Waals surface area contributed by atoms with E-state index < -0.39 is 0 Å². The number of piperidine rings is 1. The van der Waals surface area contributed by atoms with Gasteiger partial charge in [0.2, 0.25) is 0 Å². The standard InChI is InChI=1S/C24H26N6OS/c1-14-11-15(2)19-18(12-14)20(29-28-19)24-27-21(22(32-24)16-5-4-8-25-13-16)23(31)26-17-6-9-30(3)10-7-17/h4-5,8,11-13,17H,6-7,9-10H2,1-3H3,(H,26,31)(H,28,29). The van der Waals surface area contributed by atoms with Gasteiger partial charge < -0.3 is 10.2 Å². The van der Waals surface area contributed by atoms with Gasteiger partial charge in [-0.05, 0) is 64.5 Å². The fourth-order valence-corrected chi connectivity index (χ4v) is 5.38. The molecule has 3 aromatic heterocycles. The Balaban J connectivity index is 1.56. The molecule has 0 bridgehead atoms.